The van der Waals surface area contributed by atoms with Crippen LogP contribution in [-0.4, -0.2) is 15.3 Å². The van der Waals surface area contributed by atoms with Gasteiger partial charge in [0.25, 0.3) is 0 Å². The van der Waals surface area contributed by atoms with Gasteiger partial charge in [0.15, 0.2) is 0 Å². The molecule has 0 saturated heterocycles. The highest BCUT2D eigenvalue weighted by Gasteiger charge is 2.06. The molecule has 2 N–H and O–H groups in total. The minimum atomic E-state index is 0.254. The monoisotopic (exact) mass is 250 g/mol. The van der Waals surface area contributed by atoms with Gasteiger partial charge >= 0.3 is 0 Å². The number of benzene rings is 2. The number of aromatic hydroxyl groups is 1. The Labute approximate surface area is 111 Å². The number of phenolic OH excluding ortho intramolecular Hbond substituents is 1. The highest BCUT2D eigenvalue weighted by atomic mass is 16.3. The predicted octanol–water partition coefficient (Wildman–Crippen LogP) is 3.76. The van der Waals surface area contributed by atoms with Gasteiger partial charge in [-0.1, -0.05) is 35.9 Å². The number of H-pyrrole nitrogens is 1. The van der Waals surface area contributed by atoms with Gasteiger partial charge in [0, 0.05) is 11.1 Å². The molecule has 1 heterocycles. The minimum absolute atomic E-state index is 0.254. The molecule has 0 aliphatic carbocycles. The maximum atomic E-state index is 9.50. The van der Waals surface area contributed by atoms with Crippen LogP contribution in [0.25, 0.3) is 22.5 Å². The Kier molecular flexibility index (Phi) is 2.80. The Morgan fingerprint density at radius 1 is 0.947 bits per heavy atom. The number of nitrogens with zero attached hydrogens (tertiary/aromatic N) is 1. The third-order valence-corrected chi connectivity index (χ3v) is 3.05. The Morgan fingerprint density at radius 3 is 2.53 bits per heavy atom. The van der Waals surface area contributed by atoms with Gasteiger partial charge in [-0.15, -0.1) is 0 Å². The van der Waals surface area contributed by atoms with E-state index in [0.29, 0.717) is 0 Å². The molecule has 0 atom stereocenters. The maximum Gasteiger partial charge on any atom is 0.116 e. The summed E-state index contributed by atoms with van der Waals surface area (Å²) in [7, 11) is 0. The van der Waals surface area contributed by atoms with E-state index < -0.39 is 0 Å². The second kappa shape index (κ2) is 4.61. The van der Waals surface area contributed by atoms with Crippen molar-refractivity contribution in [1.82, 2.24) is 10.2 Å². The first-order valence-corrected chi connectivity index (χ1v) is 6.14. The quantitative estimate of drug-likeness (QED) is 0.727. The van der Waals surface area contributed by atoms with E-state index in [4.69, 9.17) is 0 Å². The first-order chi connectivity index (χ1) is 9.22. The second-order valence-corrected chi connectivity index (χ2v) is 4.59. The van der Waals surface area contributed by atoms with Crippen molar-refractivity contribution >= 4 is 0 Å². The molecule has 0 amide bonds. The van der Waals surface area contributed by atoms with Crippen LogP contribution in [0.2, 0.25) is 0 Å². The van der Waals surface area contributed by atoms with Crippen LogP contribution < -0.4 is 0 Å². The zero-order valence-electron chi connectivity index (χ0n) is 10.6. The summed E-state index contributed by atoms with van der Waals surface area (Å²) < 4.78 is 0. The summed E-state index contributed by atoms with van der Waals surface area (Å²) in [4.78, 5) is 0. The van der Waals surface area contributed by atoms with Gasteiger partial charge in [-0.25, -0.2) is 0 Å². The summed E-state index contributed by atoms with van der Waals surface area (Å²) in [6.07, 6.45) is 0. The van der Waals surface area contributed by atoms with E-state index in [2.05, 4.69) is 29.3 Å². The zero-order valence-corrected chi connectivity index (χ0v) is 10.6. The number of aromatic nitrogens is 2. The molecule has 0 spiro atoms. The summed E-state index contributed by atoms with van der Waals surface area (Å²) >= 11 is 0. The van der Waals surface area contributed by atoms with Crippen LogP contribution in [0.3, 0.4) is 0 Å². The Morgan fingerprint density at radius 2 is 1.74 bits per heavy atom. The summed E-state index contributed by atoms with van der Waals surface area (Å²) in [5, 5.41) is 16.8. The molecule has 1 aromatic heterocycles. The van der Waals surface area contributed by atoms with Crippen molar-refractivity contribution in [1.29, 1.82) is 0 Å². The summed E-state index contributed by atoms with van der Waals surface area (Å²) in [6.45, 7) is 2.06. The predicted molar refractivity (Wildman–Crippen MR) is 75.9 cm³/mol. The molecule has 0 radical (unpaired) electrons. The molecular weight excluding hydrogens is 236 g/mol. The third kappa shape index (κ3) is 2.36. The van der Waals surface area contributed by atoms with Gasteiger partial charge in [0.05, 0.1) is 11.4 Å². The number of phenols is 1. The molecule has 19 heavy (non-hydrogen) atoms. The zero-order chi connectivity index (χ0) is 13.2. The van der Waals surface area contributed by atoms with E-state index in [1.54, 1.807) is 12.1 Å². The molecular formula is C16H14N2O. The van der Waals surface area contributed by atoms with Crippen LogP contribution in [0.4, 0.5) is 0 Å². The van der Waals surface area contributed by atoms with Crippen LogP contribution in [0.1, 0.15) is 5.56 Å². The van der Waals surface area contributed by atoms with E-state index in [9.17, 15) is 5.11 Å². The van der Waals surface area contributed by atoms with E-state index in [1.165, 1.54) is 5.56 Å². The fraction of sp³-hybridized carbons (Fsp3) is 0.0625. The van der Waals surface area contributed by atoms with Gasteiger partial charge in [-0.3, -0.25) is 5.10 Å². The van der Waals surface area contributed by atoms with E-state index in [1.807, 2.05) is 30.3 Å². The molecule has 3 aromatic rings. The smallest absolute Gasteiger partial charge is 0.116 e. The van der Waals surface area contributed by atoms with E-state index in [-0.39, 0.29) is 5.75 Å². The van der Waals surface area contributed by atoms with E-state index >= 15 is 0 Å². The van der Waals surface area contributed by atoms with Gasteiger partial charge < -0.3 is 5.11 Å². The van der Waals surface area contributed by atoms with Gasteiger partial charge in [-0.05, 0) is 31.2 Å². The van der Waals surface area contributed by atoms with E-state index in [0.717, 1.165) is 22.5 Å². The normalized spacial score (nSPS) is 10.6. The largest absolute Gasteiger partial charge is 0.508 e. The first-order valence-electron chi connectivity index (χ1n) is 6.14. The molecule has 0 aliphatic heterocycles. The molecule has 0 saturated carbocycles. The summed E-state index contributed by atoms with van der Waals surface area (Å²) in [6, 6.07) is 17.3. The molecule has 94 valence electrons. The molecule has 3 heteroatoms. The number of aryl methyl sites for hydroxylation is 1. The molecule has 0 unspecified atom stereocenters. The highest BCUT2D eigenvalue weighted by molar-refractivity contribution is 5.69. The SMILES string of the molecule is Cc1cccc(-c2cc(-c3cccc(O)c3)[nH]n2)c1. The lowest BCUT2D eigenvalue weighted by Crippen LogP contribution is -1.78. The Hall–Kier alpha value is -2.55. The van der Waals surface area contributed by atoms with Crippen molar-refractivity contribution in [3.05, 3.63) is 60.2 Å². The fourth-order valence-electron chi connectivity index (χ4n) is 2.10. The van der Waals surface area contributed by atoms with Gasteiger partial charge in [-0.2, -0.15) is 5.10 Å². The number of aromatic amines is 1. The lowest BCUT2D eigenvalue weighted by molar-refractivity contribution is 0.475. The van der Waals surface area contributed by atoms with Crippen LogP contribution >= 0.6 is 0 Å². The number of rotatable bonds is 2. The van der Waals surface area contributed by atoms with Crippen molar-refractivity contribution < 1.29 is 5.11 Å². The molecule has 3 nitrogen and oxygen atoms in total. The van der Waals surface area contributed by atoms with Crippen molar-refractivity contribution in [3.8, 4) is 28.3 Å². The van der Waals surface area contributed by atoms with Gasteiger partial charge in [0.2, 0.25) is 0 Å². The fourth-order valence-corrected chi connectivity index (χ4v) is 2.10. The number of hydrogen-bond acceptors (Lipinski definition) is 2. The van der Waals surface area contributed by atoms with Crippen molar-refractivity contribution in [2.24, 2.45) is 0 Å². The molecule has 0 fully saturated rings. The second-order valence-electron chi connectivity index (χ2n) is 4.59. The van der Waals surface area contributed by atoms with Crippen LogP contribution in [0, 0.1) is 6.92 Å². The van der Waals surface area contributed by atoms with Crippen molar-refractivity contribution in [3.63, 3.8) is 0 Å². The average Bonchev–Trinajstić information content (AvgIpc) is 2.88. The highest BCUT2D eigenvalue weighted by Crippen LogP contribution is 2.26. The topological polar surface area (TPSA) is 48.9 Å². The lowest BCUT2D eigenvalue weighted by Gasteiger charge is -1.98. The van der Waals surface area contributed by atoms with Crippen molar-refractivity contribution in [2.75, 3.05) is 0 Å². The van der Waals surface area contributed by atoms with Crippen LogP contribution in [-0.2, 0) is 0 Å². The Bertz CT molecular complexity index is 656. The van der Waals surface area contributed by atoms with Crippen molar-refractivity contribution in [2.45, 2.75) is 6.92 Å². The average molecular weight is 250 g/mol. The molecule has 0 aliphatic rings. The van der Waals surface area contributed by atoms with Crippen LogP contribution in [0.15, 0.2) is 54.6 Å². The minimum Gasteiger partial charge on any atom is -0.508 e. The lowest BCUT2D eigenvalue weighted by atomic mass is 10.1. The molecule has 0 bridgehead atoms. The molecule has 3 rings (SSSR count). The summed E-state index contributed by atoms with van der Waals surface area (Å²) in [5.41, 5.74) is 5.02. The first kappa shape index (κ1) is 11.5. The number of nitrogens with one attached hydrogen (secondary N) is 1. The maximum absolute atomic E-state index is 9.50. The summed E-state index contributed by atoms with van der Waals surface area (Å²) in [5.74, 6) is 0.254. The van der Waals surface area contributed by atoms with Gasteiger partial charge in [0.1, 0.15) is 5.75 Å². The third-order valence-electron chi connectivity index (χ3n) is 3.05. The Balaban J connectivity index is 2.00. The van der Waals surface area contributed by atoms with Crippen LogP contribution in [0.5, 0.6) is 5.75 Å². The molecule has 2 aromatic carbocycles. The standard InChI is InChI=1S/C16H14N2O/c1-11-4-2-5-12(8-11)15-10-16(18-17-15)13-6-3-7-14(19)9-13/h2-10,19H,1H3,(H,17,18). The number of hydrogen-bond donors (Lipinski definition) is 2.